The van der Waals surface area contributed by atoms with Crippen molar-refractivity contribution >= 4 is 32.7 Å². The Morgan fingerprint density at radius 2 is 1.39 bits per heavy atom. The first-order valence-electron chi connectivity index (χ1n) is 8.79. The molecule has 152 valence electrons. The Morgan fingerprint density at radius 1 is 0.929 bits per heavy atom. The van der Waals surface area contributed by atoms with Crippen molar-refractivity contribution in [1.29, 1.82) is 0 Å². The molecule has 28 heavy (non-hydrogen) atoms. The van der Waals surface area contributed by atoms with Crippen molar-refractivity contribution in [2.75, 3.05) is 12.8 Å². The lowest BCUT2D eigenvalue weighted by Gasteiger charge is -2.23. The van der Waals surface area contributed by atoms with Gasteiger partial charge in [-0.05, 0) is 44.0 Å². The maximum absolute atomic E-state index is 12.7. The van der Waals surface area contributed by atoms with Gasteiger partial charge in [-0.2, -0.15) is 4.31 Å². The first-order valence-corrected chi connectivity index (χ1v) is 11.2. The molecule has 1 atom stereocenters. The van der Waals surface area contributed by atoms with E-state index in [2.05, 4.69) is 0 Å². The summed E-state index contributed by atoms with van der Waals surface area (Å²) in [7, 11) is -2.03. The van der Waals surface area contributed by atoms with Crippen molar-refractivity contribution < 1.29 is 18.0 Å². The van der Waals surface area contributed by atoms with Gasteiger partial charge in [0.2, 0.25) is 10.0 Å². The third kappa shape index (κ3) is 7.58. The summed E-state index contributed by atoms with van der Waals surface area (Å²) < 4.78 is 26.7. The molecule has 0 aliphatic rings. The van der Waals surface area contributed by atoms with Gasteiger partial charge in [0.25, 0.3) is 0 Å². The molecule has 0 heterocycles. The van der Waals surface area contributed by atoms with E-state index in [4.69, 9.17) is 0 Å². The first-order chi connectivity index (χ1) is 13.1. The average Bonchev–Trinajstić information content (AvgIpc) is 2.65. The van der Waals surface area contributed by atoms with E-state index < -0.39 is 10.0 Å². The summed E-state index contributed by atoms with van der Waals surface area (Å²) in [6.45, 7) is 6.33. The van der Waals surface area contributed by atoms with Crippen molar-refractivity contribution in [3.8, 4) is 11.1 Å². The molecule has 0 N–H and O–H groups in total. The molecule has 2 aromatic rings. The Morgan fingerprint density at radius 3 is 1.86 bits per heavy atom. The maximum Gasteiger partial charge on any atom is 0.243 e. The van der Waals surface area contributed by atoms with Crippen LogP contribution in [0.1, 0.15) is 27.7 Å². The molecule has 0 radical (unpaired) electrons. The third-order valence-corrected chi connectivity index (χ3v) is 6.83. The van der Waals surface area contributed by atoms with Gasteiger partial charge in [-0.15, -0.1) is 0 Å². The summed E-state index contributed by atoms with van der Waals surface area (Å²) in [5.41, 5.74) is 2.01. The van der Waals surface area contributed by atoms with Crippen molar-refractivity contribution in [2.24, 2.45) is 0 Å². The van der Waals surface area contributed by atoms with Gasteiger partial charge in [0.15, 0.2) is 5.12 Å². The zero-order chi connectivity index (χ0) is 21.3. The Hall–Kier alpha value is -1.96. The first kappa shape index (κ1) is 24.1. The van der Waals surface area contributed by atoms with E-state index in [0.29, 0.717) is 5.75 Å². The van der Waals surface area contributed by atoms with Crippen LogP contribution in [-0.4, -0.2) is 42.5 Å². The third-order valence-electron chi connectivity index (χ3n) is 3.79. The highest BCUT2D eigenvalue weighted by atomic mass is 32.2. The number of carbonyl (C=O) groups excluding carboxylic acids is 2. The molecule has 2 rings (SSSR count). The van der Waals surface area contributed by atoms with E-state index in [1.807, 2.05) is 42.5 Å². The van der Waals surface area contributed by atoms with Gasteiger partial charge >= 0.3 is 0 Å². The fourth-order valence-corrected chi connectivity index (χ4v) is 4.35. The lowest BCUT2D eigenvalue weighted by molar-refractivity contribution is -0.115. The fraction of sp³-hybridized carbons (Fsp3) is 0.333. The minimum Gasteiger partial charge on any atom is -0.300 e. The lowest BCUT2D eigenvalue weighted by atomic mass is 10.1. The highest BCUT2D eigenvalue weighted by molar-refractivity contribution is 8.13. The molecule has 0 aromatic heterocycles. The van der Waals surface area contributed by atoms with Gasteiger partial charge < -0.3 is 4.79 Å². The van der Waals surface area contributed by atoms with Crippen molar-refractivity contribution in [3.63, 3.8) is 0 Å². The summed E-state index contributed by atoms with van der Waals surface area (Å²) in [4.78, 5) is 20.8. The molecule has 0 saturated carbocycles. The van der Waals surface area contributed by atoms with Crippen LogP contribution in [0.5, 0.6) is 0 Å². The zero-order valence-electron chi connectivity index (χ0n) is 16.9. The predicted octanol–water partition coefficient (Wildman–Crippen LogP) is 4.24. The molecular formula is C21H27NO4S2. The van der Waals surface area contributed by atoms with E-state index in [-0.39, 0.29) is 21.8 Å². The molecule has 0 saturated heterocycles. The van der Waals surface area contributed by atoms with Gasteiger partial charge in [0.05, 0.1) is 4.90 Å². The minimum absolute atomic E-state index is 0.0140. The van der Waals surface area contributed by atoms with Crippen LogP contribution in [0.15, 0.2) is 59.5 Å². The summed E-state index contributed by atoms with van der Waals surface area (Å²) >= 11 is 1.13. The van der Waals surface area contributed by atoms with Crippen LogP contribution in [0.4, 0.5) is 0 Å². The summed E-state index contributed by atoms with van der Waals surface area (Å²) in [5.74, 6) is 0.604. The Balaban J connectivity index is 0.000000892. The van der Waals surface area contributed by atoms with E-state index >= 15 is 0 Å². The van der Waals surface area contributed by atoms with Crippen LogP contribution in [0.3, 0.4) is 0 Å². The molecule has 0 aliphatic carbocycles. The maximum atomic E-state index is 12.7. The highest BCUT2D eigenvalue weighted by Gasteiger charge is 2.25. The van der Waals surface area contributed by atoms with Crippen LogP contribution in [0, 0.1) is 0 Å². The number of hydrogen-bond donors (Lipinski definition) is 0. The molecule has 5 nitrogen and oxygen atoms in total. The van der Waals surface area contributed by atoms with Crippen molar-refractivity contribution in [3.05, 3.63) is 54.6 Å². The SMILES string of the molecule is CC(=O)SC[C@H](C)N(C)S(=O)(=O)c1ccc(-c2ccccc2)cc1.CC(C)=O. The average molecular weight is 422 g/mol. The number of carbonyl (C=O) groups is 2. The van der Waals surface area contributed by atoms with E-state index in [1.54, 1.807) is 26.1 Å². The number of nitrogens with zero attached hydrogens (tertiary/aromatic N) is 1. The highest BCUT2D eigenvalue weighted by Crippen LogP contribution is 2.23. The second-order valence-electron chi connectivity index (χ2n) is 6.47. The summed E-state index contributed by atoms with van der Waals surface area (Å²) in [5, 5.41) is -0.0140. The molecule has 0 unspecified atom stereocenters. The van der Waals surface area contributed by atoms with E-state index in [1.165, 1.54) is 25.1 Å². The molecule has 0 spiro atoms. The number of ketones is 1. The molecule has 0 amide bonds. The number of rotatable bonds is 6. The van der Waals surface area contributed by atoms with E-state index in [0.717, 1.165) is 22.9 Å². The van der Waals surface area contributed by atoms with E-state index in [9.17, 15) is 18.0 Å². The van der Waals surface area contributed by atoms with Gasteiger partial charge in [-0.25, -0.2) is 8.42 Å². The van der Waals surface area contributed by atoms with Crippen LogP contribution in [0.25, 0.3) is 11.1 Å². The zero-order valence-corrected chi connectivity index (χ0v) is 18.5. The van der Waals surface area contributed by atoms with Crippen LogP contribution >= 0.6 is 11.8 Å². The predicted molar refractivity (Wildman–Crippen MR) is 116 cm³/mol. The molecular weight excluding hydrogens is 394 g/mol. The van der Waals surface area contributed by atoms with Crippen molar-refractivity contribution in [1.82, 2.24) is 4.31 Å². The van der Waals surface area contributed by atoms with Gasteiger partial charge in [-0.1, -0.05) is 54.2 Å². The molecule has 0 fully saturated rings. The smallest absolute Gasteiger partial charge is 0.243 e. The second kappa shape index (κ2) is 11.1. The number of benzene rings is 2. The quantitative estimate of drug-likeness (QED) is 0.698. The molecule has 0 bridgehead atoms. The van der Waals surface area contributed by atoms with Gasteiger partial charge in [-0.3, -0.25) is 4.79 Å². The van der Waals surface area contributed by atoms with Gasteiger partial charge in [0.1, 0.15) is 5.78 Å². The standard InChI is InChI=1S/C18H21NO3S2.C3H6O/c1-14(13-23-15(2)20)19(3)24(21,22)18-11-9-17(10-12-18)16-7-5-4-6-8-16;1-3(2)4/h4-12,14H,13H2,1-3H3;1-2H3/t14-;/m0./s1. The Labute approximate surface area is 172 Å². The Kier molecular flexibility index (Phi) is 9.58. The minimum atomic E-state index is -3.58. The fourth-order valence-electron chi connectivity index (χ4n) is 2.20. The molecule has 0 aliphatic heterocycles. The lowest BCUT2D eigenvalue weighted by Crippen LogP contribution is -2.36. The van der Waals surface area contributed by atoms with Crippen LogP contribution in [-0.2, 0) is 19.6 Å². The van der Waals surface area contributed by atoms with Crippen LogP contribution < -0.4 is 0 Å². The second-order valence-corrected chi connectivity index (χ2v) is 9.67. The molecule has 7 heteroatoms. The largest absolute Gasteiger partial charge is 0.300 e. The van der Waals surface area contributed by atoms with Crippen molar-refractivity contribution in [2.45, 2.75) is 38.6 Å². The Bertz CT molecular complexity index is 874. The number of Topliss-reactive ketones (excluding diaryl/α,β-unsaturated/α-hetero) is 1. The monoisotopic (exact) mass is 421 g/mol. The molecule has 2 aromatic carbocycles. The summed E-state index contributed by atoms with van der Waals surface area (Å²) in [6.07, 6.45) is 0. The topological polar surface area (TPSA) is 71.5 Å². The number of sulfonamides is 1. The van der Waals surface area contributed by atoms with Crippen LogP contribution in [0.2, 0.25) is 0 Å². The summed E-state index contributed by atoms with van der Waals surface area (Å²) in [6, 6.07) is 16.4. The normalized spacial score (nSPS) is 12.1. The van der Waals surface area contributed by atoms with Gasteiger partial charge in [0, 0.05) is 25.8 Å². The number of thioether (sulfide) groups is 1. The number of hydrogen-bond acceptors (Lipinski definition) is 5.